The summed E-state index contributed by atoms with van der Waals surface area (Å²) in [7, 11) is -3.85. The molecule has 2 heterocycles. The Morgan fingerprint density at radius 3 is 2.67 bits per heavy atom. The van der Waals surface area contributed by atoms with Crippen molar-refractivity contribution in [2.75, 3.05) is 16.8 Å². The van der Waals surface area contributed by atoms with Crippen LogP contribution >= 0.6 is 11.3 Å². The molecule has 4 rings (SSSR count). The van der Waals surface area contributed by atoms with Gasteiger partial charge < -0.3 is 15.0 Å². The van der Waals surface area contributed by atoms with Crippen molar-refractivity contribution in [3.05, 3.63) is 39.8 Å². The average molecular weight is 492 g/mol. The van der Waals surface area contributed by atoms with E-state index in [9.17, 15) is 22.8 Å². The molecule has 1 aliphatic heterocycles. The first-order valence-corrected chi connectivity index (χ1v) is 13.0. The average Bonchev–Trinajstić information content (AvgIpc) is 3.26. The van der Waals surface area contributed by atoms with Crippen molar-refractivity contribution in [2.45, 2.75) is 56.9 Å². The monoisotopic (exact) mass is 491 g/mol. The summed E-state index contributed by atoms with van der Waals surface area (Å²) in [5.74, 6) is -1.33. The van der Waals surface area contributed by atoms with Crippen LogP contribution in [0, 0.1) is 0 Å². The third-order valence-corrected chi connectivity index (χ3v) is 7.97. The van der Waals surface area contributed by atoms with Crippen LogP contribution in [-0.4, -0.2) is 38.9 Å². The Bertz CT molecular complexity index is 1250. The van der Waals surface area contributed by atoms with Crippen LogP contribution in [-0.2, 0) is 43.6 Å². The second kappa shape index (κ2) is 8.88. The summed E-state index contributed by atoms with van der Waals surface area (Å²) in [6.07, 6.45) is 4.02. The molecule has 0 saturated carbocycles. The molecule has 0 fully saturated rings. The van der Waals surface area contributed by atoms with Crippen molar-refractivity contribution in [3.63, 3.8) is 0 Å². The van der Waals surface area contributed by atoms with Crippen LogP contribution in [0.2, 0.25) is 0 Å². The predicted molar refractivity (Wildman–Crippen MR) is 124 cm³/mol. The quantitative estimate of drug-likeness (QED) is 0.617. The highest BCUT2D eigenvalue weighted by atomic mass is 32.2. The number of nitrogens with two attached hydrogens (primary N) is 1. The van der Waals surface area contributed by atoms with Crippen LogP contribution in [0.15, 0.2) is 23.1 Å². The van der Waals surface area contributed by atoms with Gasteiger partial charge in [0.2, 0.25) is 15.9 Å². The van der Waals surface area contributed by atoms with Gasteiger partial charge in [0, 0.05) is 23.5 Å². The second-order valence-corrected chi connectivity index (χ2v) is 11.0. The molecule has 0 unspecified atom stereocenters. The van der Waals surface area contributed by atoms with E-state index < -0.39 is 28.5 Å². The molecule has 2 aliphatic rings. The van der Waals surface area contributed by atoms with E-state index in [2.05, 4.69) is 5.32 Å². The number of anilines is 2. The number of benzene rings is 1. The molecular formula is C22H25N3O6S2. The van der Waals surface area contributed by atoms with Crippen molar-refractivity contribution in [2.24, 2.45) is 5.14 Å². The first-order chi connectivity index (χ1) is 15.6. The Morgan fingerprint density at radius 1 is 1.24 bits per heavy atom. The highest BCUT2D eigenvalue weighted by molar-refractivity contribution is 7.89. The molecule has 1 aliphatic carbocycles. The Balaban J connectivity index is 1.52. The summed E-state index contributed by atoms with van der Waals surface area (Å²) < 4.78 is 28.7. The van der Waals surface area contributed by atoms with Gasteiger partial charge in [-0.25, -0.2) is 18.4 Å². The molecule has 1 atom stereocenters. The number of hydrogen-bond donors (Lipinski definition) is 2. The molecule has 0 bridgehead atoms. The van der Waals surface area contributed by atoms with Crippen molar-refractivity contribution in [3.8, 4) is 0 Å². The molecule has 176 valence electrons. The van der Waals surface area contributed by atoms with E-state index in [1.54, 1.807) is 6.07 Å². The minimum Gasteiger partial charge on any atom is -0.452 e. The van der Waals surface area contributed by atoms with Crippen LogP contribution in [0.25, 0.3) is 0 Å². The lowest BCUT2D eigenvalue weighted by Crippen LogP contribution is -2.38. The van der Waals surface area contributed by atoms with Crippen molar-refractivity contribution >= 4 is 49.8 Å². The lowest BCUT2D eigenvalue weighted by Gasteiger charge is -2.22. The second-order valence-electron chi connectivity index (χ2n) is 8.32. The summed E-state index contributed by atoms with van der Waals surface area (Å²) in [6.45, 7) is 2.75. The molecule has 0 spiro atoms. The fourth-order valence-corrected chi connectivity index (χ4v) is 6.35. The molecule has 2 amide bonds. The number of esters is 1. The normalized spacial score (nSPS) is 17.3. The highest BCUT2D eigenvalue weighted by Crippen LogP contribution is 2.39. The van der Waals surface area contributed by atoms with Crippen LogP contribution in [0.5, 0.6) is 0 Å². The molecule has 2 aromatic rings. The smallest absolute Gasteiger partial charge is 0.341 e. The third-order valence-electron chi connectivity index (χ3n) is 5.86. The summed E-state index contributed by atoms with van der Waals surface area (Å²) in [4.78, 5) is 40.1. The number of nitrogens with zero attached hydrogens (tertiary/aromatic N) is 1. The number of sulfonamides is 1. The van der Waals surface area contributed by atoms with Gasteiger partial charge in [-0.3, -0.25) is 9.59 Å². The van der Waals surface area contributed by atoms with Crippen LogP contribution < -0.4 is 15.4 Å². The predicted octanol–water partition coefficient (Wildman–Crippen LogP) is 2.37. The van der Waals surface area contributed by atoms with Gasteiger partial charge >= 0.3 is 5.97 Å². The maximum absolute atomic E-state index is 13.0. The maximum Gasteiger partial charge on any atom is 0.341 e. The van der Waals surface area contributed by atoms with Gasteiger partial charge in [0.05, 0.1) is 10.5 Å². The number of nitrogens with one attached hydrogen (secondary N) is 1. The largest absolute Gasteiger partial charge is 0.452 e. The number of primary sulfonamides is 1. The Morgan fingerprint density at radius 2 is 1.97 bits per heavy atom. The maximum atomic E-state index is 13.0. The number of amides is 2. The Kier molecular flexibility index (Phi) is 6.30. The molecule has 33 heavy (non-hydrogen) atoms. The molecule has 3 N–H and O–H groups in total. The minimum atomic E-state index is -3.85. The van der Waals surface area contributed by atoms with E-state index in [-0.39, 0.29) is 16.8 Å². The Hall–Kier alpha value is -2.76. The molecule has 9 nitrogen and oxygen atoms in total. The minimum absolute atomic E-state index is 0.0121. The fraction of sp³-hybridized carbons (Fsp3) is 0.409. The summed E-state index contributed by atoms with van der Waals surface area (Å²) >= 11 is 1.39. The number of fused-ring (bicyclic) bond motifs is 2. The number of ether oxygens (including phenoxy) is 1. The van der Waals surface area contributed by atoms with E-state index >= 15 is 0 Å². The topological polar surface area (TPSA) is 136 Å². The van der Waals surface area contributed by atoms with Crippen LogP contribution in [0.4, 0.5) is 10.7 Å². The van der Waals surface area contributed by atoms with Crippen LogP contribution in [0.1, 0.15) is 53.1 Å². The first kappa shape index (κ1) is 23.4. The van der Waals surface area contributed by atoms with E-state index in [1.807, 2.05) is 6.92 Å². The van der Waals surface area contributed by atoms with Gasteiger partial charge in [0.1, 0.15) is 5.00 Å². The van der Waals surface area contributed by atoms with Crippen molar-refractivity contribution < 1.29 is 27.5 Å². The van der Waals surface area contributed by atoms with Gasteiger partial charge in [-0.2, -0.15) is 0 Å². The first-order valence-electron chi connectivity index (χ1n) is 10.6. The van der Waals surface area contributed by atoms with Crippen LogP contribution in [0.3, 0.4) is 0 Å². The van der Waals surface area contributed by atoms with Crippen molar-refractivity contribution in [1.82, 2.24) is 0 Å². The van der Waals surface area contributed by atoms with E-state index in [0.717, 1.165) is 36.1 Å². The number of carbonyl (C=O) groups is 3. The standard InChI is InChI=1S/C22H25N3O6S2/c1-12-9-14-10-15(33(23,29)30)7-8-17(14)25(12)19(27)11-31-22(28)20-16-5-3-4-6-18(16)32-21(20)24-13(2)26/h7-8,10,12H,3-6,9,11H2,1-2H3,(H,24,26)(H2,23,29,30)/t12-/m1/s1. The molecule has 11 heteroatoms. The third kappa shape index (κ3) is 4.66. The number of hydrogen-bond acceptors (Lipinski definition) is 7. The summed E-state index contributed by atoms with van der Waals surface area (Å²) in [5.41, 5.74) is 2.49. The van der Waals surface area contributed by atoms with Gasteiger partial charge in [0.25, 0.3) is 5.91 Å². The highest BCUT2D eigenvalue weighted by Gasteiger charge is 2.33. The SMILES string of the molecule is CC(=O)Nc1sc2c(c1C(=O)OCC(=O)N1c3ccc(S(N)(=O)=O)cc3C[C@H]1C)CCCC2. The zero-order valence-electron chi connectivity index (χ0n) is 18.3. The van der Waals surface area contributed by atoms with Gasteiger partial charge in [-0.1, -0.05) is 0 Å². The van der Waals surface area contributed by atoms with E-state index in [1.165, 1.54) is 35.3 Å². The molecule has 0 radical (unpaired) electrons. The molecule has 0 saturated heterocycles. The fourth-order valence-electron chi connectivity index (χ4n) is 4.46. The number of aryl methyl sites for hydroxylation is 1. The summed E-state index contributed by atoms with van der Waals surface area (Å²) in [5, 5.41) is 8.38. The van der Waals surface area contributed by atoms with E-state index in [4.69, 9.17) is 9.88 Å². The lowest BCUT2D eigenvalue weighted by atomic mass is 9.95. The number of carbonyl (C=O) groups excluding carboxylic acids is 3. The lowest BCUT2D eigenvalue weighted by molar-refractivity contribution is -0.122. The zero-order valence-corrected chi connectivity index (χ0v) is 20.0. The van der Waals surface area contributed by atoms with E-state index in [0.29, 0.717) is 28.2 Å². The number of thiophene rings is 1. The van der Waals surface area contributed by atoms with Gasteiger partial charge in [-0.05, 0) is 68.4 Å². The molecule has 1 aromatic carbocycles. The van der Waals surface area contributed by atoms with Gasteiger partial charge in [-0.15, -0.1) is 11.3 Å². The van der Waals surface area contributed by atoms with Gasteiger partial charge in [0.15, 0.2) is 6.61 Å². The molecule has 1 aromatic heterocycles. The zero-order chi connectivity index (χ0) is 23.9. The Labute approximate surface area is 196 Å². The van der Waals surface area contributed by atoms with Crippen molar-refractivity contribution in [1.29, 1.82) is 0 Å². The summed E-state index contributed by atoms with van der Waals surface area (Å²) in [6, 6.07) is 4.14. The number of rotatable bonds is 5. The molecular weight excluding hydrogens is 466 g/mol.